The van der Waals surface area contributed by atoms with E-state index in [4.69, 9.17) is 11.0 Å². The molecule has 0 bridgehead atoms. The van der Waals surface area contributed by atoms with Crippen LogP contribution in [0.2, 0.25) is 0 Å². The zero-order valence-corrected chi connectivity index (χ0v) is 11.2. The molecule has 0 heterocycles. The van der Waals surface area contributed by atoms with Crippen molar-refractivity contribution in [2.24, 2.45) is 0 Å². The highest BCUT2D eigenvalue weighted by Crippen LogP contribution is 2.24. The Kier molecular flexibility index (Phi) is 3.85. The van der Waals surface area contributed by atoms with Crippen molar-refractivity contribution in [1.29, 1.82) is 5.26 Å². The number of anilines is 2. The molecule has 0 spiro atoms. The fourth-order valence-corrected chi connectivity index (χ4v) is 2.15. The molecule has 3 nitrogen and oxygen atoms in total. The third-order valence-electron chi connectivity index (χ3n) is 2.53. The van der Waals surface area contributed by atoms with Crippen LogP contribution in [0.25, 0.3) is 0 Å². The molecule has 0 aliphatic rings. The van der Waals surface area contributed by atoms with Crippen molar-refractivity contribution in [2.45, 2.75) is 6.54 Å². The molecular formula is C14H12BrN3. The Bertz CT molecular complexity index is 602. The molecule has 3 N–H and O–H groups in total. The van der Waals surface area contributed by atoms with Crippen molar-refractivity contribution in [2.75, 3.05) is 11.1 Å². The molecule has 4 heteroatoms. The van der Waals surface area contributed by atoms with Gasteiger partial charge >= 0.3 is 0 Å². The molecule has 2 aromatic rings. The SMILES string of the molecule is N#Cc1ccc(NCc2cccc(N)c2)c(Br)c1. The second-order valence-electron chi connectivity index (χ2n) is 3.91. The number of hydrogen-bond donors (Lipinski definition) is 2. The third-order valence-corrected chi connectivity index (χ3v) is 3.19. The summed E-state index contributed by atoms with van der Waals surface area (Å²) < 4.78 is 0.880. The molecular weight excluding hydrogens is 290 g/mol. The van der Waals surface area contributed by atoms with Gasteiger partial charge in [0.15, 0.2) is 0 Å². The zero-order chi connectivity index (χ0) is 13.0. The lowest BCUT2D eigenvalue weighted by molar-refractivity contribution is 1.15. The maximum atomic E-state index is 8.79. The first-order valence-corrected chi connectivity index (χ1v) is 6.26. The number of halogens is 1. The van der Waals surface area contributed by atoms with Crippen LogP contribution in [-0.2, 0) is 6.54 Å². The summed E-state index contributed by atoms with van der Waals surface area (Å²) in [6, 6.07) is 15.3. The maximum absolute atomic E-state index is 8.79. The first-order chi connectivity index (χ1) is 8.69. The van der Waals surface area contributed by atoms with Gasteiger partial charge < -0.3 is 11.1 Å². The van der Waals surface area contributed by atoms with Gasteiger partial charge in [-0.25, -0.2) is 0 Å². The molecule has 90 valence electrons. The molecule has 0 saturated heterocycles. The van der Waals surface area contributed by atoms with Crippen LogP contribution in [0.5, 0.6) is 0 Å². The number of nitrogens with two attached hydrogens (primary N) is 1. The largest absolute Gasteiger partial charge is 0.399 e. The summed E-state index contributed by atoms with van der Waals surface area (Å²) in [5.74, 6) is 0. The average Bonchev–Trinajstić information content (AvgIpc) is 2.37. The number of nitriles is 1. The summed E-state index contributed by atoms with van der Waals surface area (Å²) >= 11 is 3.44. The van der Waals surface area contributed by atoms with E-state index in [-0.39, 0.29) is 0 Å². The van der Waals surface area contributed by atoms with E-state index in [1.54, 1.807) is 12.1 Å². The molecule has 0 radical (unpaired) electrons. The number of nitrogens with zero attached hydrogens (tertiary/aromatic N) is 1. The maximum Gasteiger partial charge on any atom is 0.0992 e. The van der Waals surface area contributed by atoms with E-state index in [1.807, 2.05) is 30.3 Å². The number of hydrogen-bond acceptors (Lipinski definition) is 3. The molecule has 0 aliphatic carbocycles. The van der Waals surface area contributed by atoms with Gasteiger partial charge in [0.1, 0.15) is 0 Å². The van der Waals surface area contributed by atoms with Gasteiger partial charge in [-0.3, -0.25) is 0 Å². The van der Waals surface area contributed by atoms with E-state index in [1.165, 1.54) is 0 Å². The van der Waals surface area contributed by atoms with E-state index in [9.17, 15) is 0 Å². The standard InChI is InChI=1S/C14H12BrN3/c15-13-7-10(8-16)4-5-14(13)18-9-11-2-1-3-12(17)6-11/h1-7,18H,9,17H2. The normalized spacial score (nSPS) is 9.78. The minimum atomic E-state index is 0.636. The van der Waals surface area contributed by atoms with E-state index >= 15 is 0 Å². The Hall–Kier alpha value is -1.99. The molecule has 0 amide bonds. The Morgan fingerprint density at radius 1 is 1.22 bits per heavy atom. The van der Waals surface area contributed by atoms with Gasteiger partial charge in [0.05, 0.1) is 11.6 Å². The summed E-state index contributed by atoms with van der Waals surface area (Å²) in [6.07, 6.45) is 0. The Morgan fingerprint density at radius 2 is 2.06 bits per heavy atom. The second-order valence-corrected chi connectivity index (χ2v) is 4.76. The van der Waals surface area contributed by atoms with Gasteiger partial charge in [-0.1, -0.05) is 12.1 Å². The summed E-state index contributed by atoms with van der Waals surface area (Å²) in [5, 5.41) is 12.1. The van der Waals surface area contributed by atoms with Gasteiger partial charge in [-0.15, -0.1) is 0 Å². The zero-order valence-electron chi connectivity index (χ0n) is 9.65. The predicted octanol–water partition coefficient (Wildman–Crippen LogP) is 3.52. The fourth-order valence-electron chi connectivity index (χ4n) is 1.63. The van der Waals surface area contributed by atoms with Crippen molar-refractivity contribution >= 4 is 27.3 Å². The van der Waals surface area contributed by atoms with Crippen LogP contribution in [-0.4, -0.2) is 0 Å². The van der Waals surface area contributed by atoms with E-state index in [0.717, 1.165) is 21.4 Å². The topological polar surface area (TPSA) is 61.8 Å². The minimum Gasteiger partial charge on any atom is -0.399 e. The van der Waals surface area contributed by atoms with Crippen LogP contribution in [0.1, 0.15) is 11.1 Å². The van der Waals surface area contributed by atoms with E-state index < -0.39 is 0 Å². The highest BCUT2D eigenvalue weighted by Gasteiger charge is 2.01. The molecule has 0 aliphatic heterocycles. The number of benzene rings is 2. The second kappa shape index (κ2) is 5.56. The van der Waals surface area contributed by atoms with Crippen molar-refractivity contribution in [3.8, 4) is 6.07 Å². The lowest BCUT2D eigenvalue weighted by Crippen LogP contribution is -2.00. The van der Waals surface area contributed by atoms with Crippen LogP contribution in [0.15, 0.2) is 46.9 Å². The van der Waals surface area contributed by atoms with Crippen LogP contribution < -0.4 is 11.1 Å². The van der Waals surface area contributed by atoms with Crippen molar-refractivity contribution in [1.82, 2.24) is 0 Å². The van der Waals surface area contributed by atoms with Gasteiger partial charge in [0.25, 0.3) is 0 Å². The van der Waals surface area contributed by atoms with E-state index in [2.05, 4.69) is 27.3 Å². The van der Waals surface area contributed by atoms with Crippen LogP contribution in [0.4, 0.5) is 11.4 Å². The fraction of sp³-hybridized carbons (Fsp3) is 0.0714. The molecule has 0 fully saturated rings. The van der Waals surface area contributed by atoms with Crippen molar-refractivity contribution in [3.05, 3.63) is 58.1 Å². The quantitative estimate of drug-likeness (QED) is 0.853. The predicted molar refractivity (Wildman–Crippen MR) is 77.0 cm³/mol. The summed E-state index contributed by atoms with van der Waals surface area (Å²) in [4.78, 5) is 0. The van der Waals surface area contributed by atoms with Crippen molar-refractivity contribution < 1.29 is 0 Å². The highest BCUT2D eigenvalue weighted by atomic mass is 79.9. The van der Waals surface area contributed by atoms with Crippen LogP contribution in [0, 0.1) is 11.3 Å². The van der Waals surface area contributed by atoms with E-state index in [0.29, 0.717) is 12.1 Å². The van der Waals surface area contributed by atoms with Crippen molar-refractivity contribution in [3.63, 3.8) is 0 Å². The molecule has 0 aromatic heterocycles. The smallest absolute Gasteiger partial charge is 0.0992 e. The van der Waals surface area contributed by atoms with Gasteiger partial charge in [-0.2, -0.15) is 5.26 Å². The molecule has 0 saturated carbocycles. The average molecular weight is 302 g/mol. The molecule has 0 unspecified atom stereocenters. The van der Waals surface area contributed by atoms with Gasteiger partial charge in [0.2, 0.25) is 0 Å². The lowest BCUT2D eigenvalue weighted by Gasteiger charge is -2.09. The lowest BCUT2D eigenvalue weighted by atomic mass is 10.2. The number of rotatable bonds is 3. The summed E-state index contributed by atoms with van der Waals surface area (Å²) in [5.41, 5.74) is 9.19. The first kappa shape index (κ1) is 12.5. The number of nitrogen functional groups attached to an aromatic ring is 1. The molecule has 2 rings (SSSR count). The monoisotopic (exact) mass is 301 g/mol. The first-order valence-electron chi connectivity index (χ1n) is 5.47. The molecule has 0 atom stereocenters. The van der Waals surface area contributed by atoms with Gasteiger partial charge in [0, 0.05) is 22.4 Å². The Labute approximate surface area is 114 Å². The Morgan fingerprint density at radius 3 is 2.72 bits per heavy atom. The highest BCUT2D eigenvalue weighted by molar-refractivity contribution is 9.10. The summed E-state index contributed by atoms with van der Waals surface area (Å²) in [6.45, 7) is 0.690. The van der Waals surface area contributed by atoms with Gasteiger partial charge in [-0.05, 0) is 51.8 Å². The number of nitrogens with one attached hydrogen (secondary N) is 1. The minimum absolute atomic E-state index is 0.636. The van der Waals surface area contributed by atoms with Crippen LogP contribution >= 0.6 is 15.9 Å². The Balaban J connectivity index is 2.09. The molecule has 18 heavy (non-hydrogen) atoms. The third kappa shape index (κ3) is 3.02. The van der Waals surface area contributed by atoms with Crippen LogP contribution in [0.3, 0.4) is 0 Å². The summed E-state index contributed by atoms with van der Waals surface area (Å²) in [7, 11) is 0. The molecule has 2 aromatic carbocycles.